The normalized spacial score (nSPS) is 13.3. The Morgan fingerprint density at radius 2 is 1.35 bits per heavy atom. The van der Waals surface area contributed by atoms with E-state index in [2.05, 4.69) is 12.1 Å². The number of fused-ring (bicyclic) bond motifs is 1. The maximum absolute atomic E-state index is 14.6. The van der Waals surface area contributed by atoms with Gasteiger partial charge < -0.3 is 9.30 Å². The lowest BCUT2D eigenvalue weighted by molar-refractivity contribution is 0.415. The molecule has 0 fully saturated rings. The summed E-state index contributed by atoms with van der Waals surface area (Å²) in [5.41, 5.74) is 0. The van der Waals surface area contributed by atoms with Crippen molar-refractivity contribution in [1.82, 2.24) is 0 Å². The van der Waals surface area contributed by atoms with Gasteiger partial charge >= 0.3 is 0 Å². The van der Waals surface area contributed by atoms with E-state index in [-0.39, 0.29) is 0 Å². The summed E-state index contributed by atoms with van der Waals surface area (Å²) in [5, 5.41) is 4.56. The first kappa shape index (κ1) is 16.6. The Morgan fingerprint density at radius 3 is 2.15 bits per heavy atom. The van der Waals surface area contributed by atoms with Crippen LogP contribution in [-0.4, -0.2) is 7.11 Å². The van der Waals surface area contributed by atoms with Crippen molar-refractivity contribution in [2.45, 2.75) is 0 Å². The highest BCUT2D eigenvalue weighted by Gasteiger charge is 2.31. The Morgan fingerprint density at radius 1 is 0.692 bits per heavy atom. The summed E-state index contributed by atoms with van der Waals surface area (Å²) in [6.45, 7) is 0. The first-order valence-corrected chi connectivity index (χ1v) is 10.2. The fourth-order valence-corrected chi connectivity index (χ4v) is 6.24. The zero-order valence-corrected chi connectivity index (χ0v) is 15.4. The second-order valence-electron chi connectivity index (χ2n) is 6.14. The summed E-state index contributed by atoms with van der Waals surface area (Å²) in [5.74, 6) is 0.707. The molecule has 0 radical (unpaired) electrons. The van der Waals surface area contributed by atoms with Gasteiger partial charge in [-0.3, -0.25) is 0 Å². The van der Waals surface area contributed by atoms with Gasteiger partial charge in [0.25, 0.3) is 0 Å². The fraction of sp³-hybridized carbons (Fsp3) is 0.0435. The fourth-order valence-electron chi connectivity index (χ4n) is 3.35. The van der Waals surface area contributed by atoms with Gasteiger partial charge in [-0.2, -0.15) is 0 Å². The second-order valence-corrected chi connectivity index (χ2v) is 8.88. The molecule has 128 valence electrons. The molecule has 0 unspecified atom stereocenters. The smallest absolute Gasteiger partial charge is 0.171 e. The molecule has 4 aromatic rings. The van der Waals surface area contributed by atoms with Crippen LogP contribution in [-0.2, 0) is 4.57 Å². The number of rotatable bonds is 4. The molecule has 4 aromatic carbocycles. The van der Waals surface area contributed by atoms with Gasteiger partial charge in [0.1, 0.15) is 5.75 Å². The molecule has 0 amide bonds. The van der Waals surface area contributed by atoms with Gasteiger partial charge in [-0.1, -0.05) is 84.9 Å². The summed E-state index contributed by atoms with van der Waals surface area (Å²) in [6.07, 6.45) is 0. The number of methoxy groups -OCH3 is 1. The Bertz CT molecular complexity index is 1100. The van der Waals surface area contributed by atoms with Crippen LogP contribution in [0.5, 0.6) is 5.75 Å². The van der Waals surface area contributed by atoms with Crippen LogP contribution in [0.1, 0.15) is 0 Å². The van der Waals surface area contributed by atoms with Crippen LogP contribution in [0.2, 0.25) is 0 Å². The molecule has 0 N–H and O–H groups in total. The minimum absolute atomic E-state index is 0.707. The van der Waals surface area contributed by atoms with E-state index >= 15 is 0 Å². The van der Waals surface area contributed by atoms with E-state index in [1.165, 1.54) is 0 Å². The van der Waals surface area contributed by atoms with Gasteiger partial charge in [-0.05, 0) is 22.9 Å². The third-order valence-electron chi connectivity index (χ3n) is 4.64. The summed E-state index contributed by atoms with van der Waals surface area (Å²) in [7, 11) is -1.41. The number of ether oxygens (including phenoxy) is 1. The highest BCUT2D eigenvalue weighted by atomic mass is 31.2. The van der Waals surface area contributed by atoms with Crippen molar-refractivity contribution in [1.29, 1.82) is 0 Å². The van der Waals surface area contributed by atoms with Crippen LogP contribution in [0, 0.1) is 0 Å². The Labute approximate surface area is 153 Å². The van der Waals surface area contributed by atoms with Crippen molar-refractivity contribution in [2.75, 3.05) is 7.11 Å². The van der Waals surface area contributed by atoms with Crippen molar-refractivity contribution in [3.63, 3.8) is 0 Å². The molecule has 0 saturated heterocycles. The molecule has 26 heavy (non-hydrogen) atoms. The van der Waals surface area contributed by atoms with Crippen LogP contribution in [0.25, 0.3) is 10.8 Å². The molecule has 0 aromatic heterocycles. The van der Waals surface area contributed by atoms with Crippen LogP contribution < -0.4 is 20.7 Å². The van der Waals surface area contributed by atoms with Crippen molar-refractivity contribution in [3.05, 3.63) is 97.1 Å². The van der Waals surface area contributed by atoms with Gasteiger partial charge in [0, 0.05) is 15.9 Å². The lowest BCUT2D eigenvalue weighted by Crippen LogP contribution is -2.25. The molecule has 0 spiro atoms. The first-order valence-electron chi connectivity index (χ1n) is 8.52. The van der Waals surface area contributed by atoms with Crippen molar-refractivity contribution in [2.24, 2.45) is 0 Å². The molecule has 0 heterocycles. The van der Waals surface area contributed by atoms with Crippen LogP contribution in [0.15, 0.2) is 97.1 Å². The molecule has 1 atom stereocenters. The summed E-state index contributed by atoms with van der Waals surface area (Å²) in [4.78, 5) is 0. The molecular weight excluding hydrogens is 339 g/mol. The lowest BCUT2D eigenvalue weighted by atomic mass is 10.1. The van der Waals surface area contributed by atoms with E-state index in [4.69, 9.17) is 4.74 Å². The maximum atomic E-state index is 14.6. The highest BCUT2D eigenvalue weighted by molar-refractivity contribution is 7.85. The van der Waals surface area contributed by atoms with Gasteiger partial charge in [-0.25, -0.2) is 0 Å². The number of benzene rings is 4. The van der Waals surface area contributed by atoms with Gasteiger partial charge in [0.05, 0.1) is 7.11 Å². The van der Waals surface area contributed by atoms with Crippen molar-refractivity contribution >= 4 is 33.8 Å². The average molecular weight is 358 g/mol. The predicted molar refractivity (Wildman–Crippen MR) is 110 cm³/mol. The molecule has 0 aliphatic carbocycles. The SMILES string of the molecule is COc1cccc([P@](=O)(c2ccccc2)c2cccc3ccccc23)c1. The molecule has 3 heteroatoms. The molecule has 2 nitrogen and oxygen atoms in total. The molecule has 0 aliphatic heterocycles. The lowest BCUT2D eigenvalue weighted by Gasteiger charge is -2.22. The quantitative estimate of drug-likeness (QED) is 0.503. The van der Waals surface area contributed by atoms with E-state index in [0.717, 1.165) is 26.7 Å². The van der Waals surface area contributed by atoms with E-state index in [1.807, 2.05) is 84.9 Å². The third-order valence-corrected chi connectivity index (χ3v) is 7.74. The molecule has 0 saturated carbocycles. The zero-order chi connectivity index (χ0) is 18.0. The summed E-state index contributed by atoms with van der Waals surface area (Å²) >= 11 is 0. The largest absolute Gasteiger partial charge is 0.497 e. The Balaban J connectivity index is 2.08. The molecule has 4 rings (SSSR count). The zero-order valence-electron chi connectivity index (χ0n) is 14.5. The monoisotopic (exact) mass is 358 g/mol. The van der Waals surface area contributed by atoms with E-state index in [1.54, 1.807) is 7.11 Å². The third kappa shape index (κ3) is 2.73. The first-order chi connectivity index (χ1) is 12.7. The van der Waals surface area contributed by atoms with Gasteiger partial charge in [-0.15, -0.1) is 0 Å². The van der Waals surface area contributed by atoms with Crippen LogP contribution in [0.4, 0.5) is 0 Å². The van der Waals surface area contributed by atoms with Crippen molar-refractivity contribution < 1.29 is 9.30 Å². The Hall–Kier alpha value is -2.83. The molecule has 0 aliphatic rings. The average Bonchev–Trinajstić information content (AvgIpc) is 2.73. The van der Waals surface area contributed by atoms with E-state index < -0.39 is 7.14 Å². The molecule has 0 bridgehead atoms. The van der Waals surface area contributed by atoms with Crippen LogP contribution in [0.3, 0.4) is 0 Å². The van der Waals surface area contributed by atoms with Crippen LogP contribution >= 0.6 is 7.14 Å². The number of hydrogen-bond donors (Lipinski definition) is 0. The van der Waals surface area contributed by atoms with Crippen molar-refractivity contribution in [3.8, 4) is 5.75 Å². The summed E-state index contributed by atoms with van der Waals surface area (Å²) < 4.78 is 20.0. The minimum atomic E-state index is -3.04. The molecular formula is C23H19O2P. The van der Waals surface area contributed by atoms with Gasteiger partial charge in [0.2, 0.25) is 0 Å². The van der Waals surface area contributed by atoms with E-state index in [9.17, 15) is 4.57 Å². The maximum Gasteiger partial charge on any atom is 0.171 e. The topological polar surface area (TPSA) is 26.3 Å². The standard InChI is InChI=1S/C23H19O2P/c1-25-19-11-8-14-21(17-19)26(24,20-12-3-2-4-13-20)23-16-7-10-18-9-5-6-15-22(18)23/h2-17H,1H3/t26-/m1/s1. The summed E-state index contributed by atoms with van der Waals surface area (Å²) in [6, 6.07) is 31.4. The number of hydrogen-bond acceptors (Lipinski definition) is 2. The highest BCUT2D eigenvalue weighted by Crippen LogP contribution is 2.44. The van der Waals surface area contributed by atoms with Gasteiger partial charge in [0.15, 0.2) is 7.14 Å². The van der Waals surface area contributed by atoms with E-state index in [0.29, 0.717) is 5.75 Å². The second kappa shape index (κ2) is 6.82. The predicted octanol–water partition coefficient (Wildman–Crippen LogP) is 4.49. The Kier molecular flexibility index (Phi) is 4.36. The minimum Gasteiger partial charge on any atom is -0.497 e.